The molecule has 7 heteroatoms. The van der Waals surface area contributed by atoms with Crippen molar-refractivity contribution in [3.05, 3.63) is 0 Å². The molecule has 0 aliphatic carbocycles. The third-order valence-corrected chi connectivity index (χ3v) is 4.52. The fraction of sp³-hybridized carbons (Fsp3) is 0.944. The molecule has 0 saturated heterocycles. The maximum Gasteiger partial charge on any atom is 0.328 e. The molecule has 0 aliphatic heterocycles. The van der Waals surface area contributed by atoms with Crippen molar-refractivity contribution in [2.45, 2.75) is 96.3 Å². The number of hydrogen-bond donors (Lipinski definition) is 3. The molecule has 5 nitrogen and oxygen atoms in total. The summed E-state index contributed by atoms with van der Waals surface area (Å²) < 4.78 is 28.8. The minimum Gasteiger partial charge on any atom is -0.465 e. The summed E-state index contributed by atoms with van der Waals surface area (Å²) in [6, 6.07) is 0. The van der Waals surface area contributed by atoms with Gasteiger partial charge in [-0.3, -0.25) is 0 Å². The zero-order valence-corrected chi connectivity index (χ0v) is 15.7. The standard InChI is InChI=1S/C18H35F2NO4/c1-4-25-17(24)18(3,21)16(23)14(22)12-11-13(2)9-7-5-6-8-10-15(19)20/h13-16,22-23H,4-12,21H2,1-3H3. The van der Waals surface area contributed by atoms with E-state index in [0.717, 1.165) is 25.7 Å². The first kappa shape index (κ1) is 24.2. The summed E-state index contributed by atoms with van der Waals surface area (Å²) in [6.45, 7) is 5.20. The fourth-order valence-electron chi connectivity index (χ4n) is 2.71. The summed E-state index contributed by atoms with van der Waals surface area (Å²) >= 11 is 0. The monoisotopic (exact) mass is 367 g/mol. The molecule has 0 amide bonds. The number of hydrogen-bond acceptors (Lipinski definition) is 5. The minimum absolute atomic E-state index is 0.0298. The lowest BCUT2D eigenvalue weighted by Gasteiger charge is -2.31. The first-order valence-electron chi connectivity index (χ1n) is 9.23. The van der Waals surface area contributed by atoms with Gasteiger partial charge in [-0.05, 0) is 39.0 Å². The van der Waals surface area contributed by atoms with Crippen molar-refractivity contribution >= 4 is 5.97 Å². The van der Waals surface area contributed by atoms with Crippen LogP contribution in [0, 0.1) is 5.92 Å². The van der Waals surface area contributed by atoms with Crippen LogP contribution >= 0.6 is 0 Å². The molecule has 0 saturated carbocycles. The average Bonchev–Trinajstić information content (AvgIpc) is 2.54. The molecule has 25 heavy (non-hydrogen) atoms. The lowest BCUT2D eigenvalue weighted by molar-refractivity contribution is -0.157. The number of unbranched alkanes of at least 4 members (excludes halogenated alkanes) is 3. The third kappa shape index (κ3) is 10.1. The number of halogens is 2. The molecule has 0 rings (SSSR count). The zero-order chi connectivity index (χ0) is 19.5. The molecule has 0 aromatic heterocycles. The van der Waals surface area contributed by atoms with Gasteiger partial charge < -0.3 is 20.7 Å². The Labute approximate surface area is 149 Å². The number of alkyl halides is 2. The molecule has 0 fully saturated rings. The van der Waals surface area contributed by atoms with Crippen LogP contribution in [0.25, 0.3) is 0 Å². The second-order valence-corrected chi connectivity index (χ2v) is 7.08. The highest BCUT2D eigenvalue weighted by Crippen LogP contribution is 2.21. The predicted molar refractivity (Wildman–Crippen MR) is 93.3 cm³/mol. The Hall–Kier alpha value is -0.790. The van der Waals surface area contributed by atoms with E-state index < -0.39 is 30.1 Å². The van der Waals surface area contributed by atoms with Gasteiger partial charge in [0.05, 0.1) is 12.7 Å². The van der Waals surface area contributed by atoms with Gasteiger partial charge in [0.2, 0.25) is 6.43 Å². The molecule has 0 aromatic rings. The Morgan fingerprint density at radius 3 is 2.16 bits per heavy atom. The van der Waals surface area contributed by atoms with Crippen molar-refractivity contribution in [2.24, 2.45) is 11.7 Å². The number of carbonyl (C=O) groups excluding carboxylic acids is 1. The Morgan fingerprint density at radius 2 is 1.64 bits per heavy atom. The Bertz CT molecular complexity index is 367. The lowest BCUT2D eigenvalue weighted by Crippen LogP contribution is -2.59. The quantitative estimate of drug-likeness (QED) is 0.324. The Morgan fingerprint density at radius 1 is 1.08 bits per heavy atom. The van der Waals surface area contributed by atoms with Crippen LogP contribution in [0.1, 0.15) is 72.1 Å². The molecule has 150 valence electrons. The van der Waals surface area contributed by atoms with Crippen LogP contribution in [0.5, 0.6) is 0 Å². The average molecular weight is 367 g/mol. The van der Waals surface area contributed by atoms with E-state index in [1.54, 1.807) is 6.92 Å². The van der Waals surface area contributed by atoms with Crippen LogP contribution in [0.15, 0.2) is 0 Å². The number of carbonyl (C=O) groups is 1. The van der Waals surface area contributed by atoms with Gasteiger partial charge in [0, 0.05) is 6.42 Å². The Kier molecular flexibility index (Phi) is 12.1. The highest BCUT2D eigenvalue weighted by atomic mass is 19.3. The van der Waals surface area contributed by atoms with E-state index in [1.165, 1.54) is 6.92 Å². The van der Waals surface area contributed by atoms with Crippen LogP contribution in [-0.2, 0) is 9.53 Å². The first-order valence-corrected chi connectivity index (χ1v) is 9.23. The molecular formula is C18H35F2NO4. The van der Waals surface area contributed by atoms with E-state index in [9.17, 15) is 23.8 Å². The first-order chi connectivity index (χ1) is 11.6. The maximum absolute atomic E-state index is 12.0. The summed E-state index contributed by atoms with van der Waals surface area (Å²) in [6.07, 6.45) is 0.465. The molecule has 4 unspecified atom stereocenters. The van der Waals surface area contributed by atoms with E-state index >= 15 is 0 Å². The van der Waals surface area contributed by atoms with Gasteiger partial charge in [0.15, 0.2) is 0 Å². The highest BCUT2D eigenvalue weighted by Gasteiger charge is 2.41. The molecule has 4 atom stereocenters. The van der Waals surface area contributed by atoms with Crippen molar-refractivity contribution in [3.8, 4) is 0 Å². The van der Waals surface area contributed by atoms with E-state index in [0.29, 0.717) is 25.2 Å². The van der Waals surface area contributed by atoms with Crippen molar-refractivity contribution in [1.82, 2.24) is 0 Å². The van der Waals surface area contributed by atoms with Crippen LogP contribution < -0.4 is 5.73 Å². The number of aliphatic hydroxyl groups excluding tert-OH is 2. The van der Waals surface area contributed by atoms with Crippen LogP contribution in [0.2, 0.25) is 0 Å². The van der Waals surface area contributed by atoms with E-state index in [2.05, 4.69) is 0 Å². The molecule has 0 aliphatic rings. The number of esters is 1. The maximum atomic E-state index is 12.0. The summed E-state index contributed by atoms with van der Waals surface area (Å²) in [5.41, 5.74) is 4.16. The highest BCUT2D eigenvalue weighted by molar-refractivity contribution is 5.81. The van der Waals surface area contributed by atoms with Crippen molar-refractivity contribution in [1.29, 1.82) is 0 Å². The third-order valence-electron chi connectivity index (χ3n) is 4.52. The van der Waals surface area contributed by atoms with Crippen LogP contribution in [-0.4, -0.2) is 47.0 Å². The largest absolute Gasteiger partial charge is 0.465 e. The van der Waals surface area contributed by atoms with Gasteiger partial charge in [-0.2, -0.15) is 0 Å². The fourth-order valence-corrected chi connectivity index (χ4v) is 2.71. The molecule has 0 aromatic carbocycles. The molecule has 0 heterocycles. The second kappa shape index (κ2) is 12.5. The minimum atomic E-state index is -2.21. The predicted octanol–water partition coefficient (Wildman–Crippen LogP) is 3.01. The molecular weight excluding hydrogens is 332 g/mol. The van der Waals surface area contributed by atoms with Gasteiger partial charge >= 0.3 is 5.97 Å². The normalized spacial score (nSPS) is 17.8. The van der Waals surface area contributed by atoms with Crippen LogP contribution in [0.3, 0.4) is 0 Å². The van der Waals surface area contributed by atoms with Crippen molar-refractivity contribution < 1.29 is 28.5 Å². The van der Waals surface area contributed by atoms with Gasteiger partial charge in [0.1, 0.15) is 11.6 Å². The van der Waals surface area contributed by atoms with Gasteiger partial charge in [-0.25, -0.2) is 13.6 Å². The number of ether oxygens (including phenoxy) is 1. The van der Waals surface area contributed by atoms with E-state index in [4.69, 9.17) is 10.5 Å². The Balaban J connectivity index is 4.02. The summed E-state index contributed by atoms with van der Waals surface area (Å²) in [4.78, 5) is 11.8. The molecule has 4 N–H and O–H groups in total. The van der Waals surface area contributed by atoms with Crippen LogP contribution in [0.4, 0.5) is 8.78 Å². The van der Waals surface area contributed by atoms with Gasteiger partial charge in [-0.15, -0.1) is 0 Å². The summed E-state index contributed by atoms with van der Waals surface area (Å²) in [5, 5.41) is 20.2. The summed E-state index contributed by atoms with van der Waals surface area (Å²) in [7, 11) is 0. The van der Waals surface area contributed by atoms with Gasteiger partial charge in [-0.1, -0.05) is 32.6 Å². The number of rotatable bonds is 14. The zero-order valence-electron chi connectivity index (χ0n) is 15.7. The van der Waals surface area contributed by atoms with E-state index in [1.807, 2.05) is 6.92 Å². The summed E-state index contributed by atoms with van der Waals surface area (Å²) in [5.74, 6) is -0.401. The second-order valence-electron chi connectivity index (χ2n) is 7.08. The van der Waals surface area contributed by atoms with Crippen molar-refractivity contribution in [3.63, 3.8) is 0 Å². The SMILES string of the molecule is CCOC(=O)C(C)(N)C(O)C(O)CCC(C)CCCCCCC(F)F. The number of nitrogens with two attached hydrogens (primary N) is 1. The lowest BCUT2D eigenvalue weighted by atomic mass is 9.87. The van der Waals surface area contributed by atoms with E-state index in [-0.39, 0.29) is 13.0 Å². The smallest absolute Gasteiger partial charge is 0.328 e. The van der Waals surface area contributed by atoms with Gasteiger partial charge in [0.25, 0.3) is 0 Å². The molecule has 0 radical (unpaired) electrons. The molecule has 0 bridgehead atoms. The number of aliphatic hydroxyl groups is 2. The van der Waals surface area contributed by atoms with Crippen molar-refractivity contribution in [2.75, 3.05) is 6.61 Å². The molecule has 0 spiro atoms. The topological polar surface area (TPSA) is 92.8 Å².